The van der Waals surface area contributed by atoms with E-state index >= 15 is 0 Å². The molecule has 0 aliphatic rings. The second-order valence-electron chi connectivity index (χ2n) is 3.19. The minimum atomic E-state index is -0.159. The van der Waals surface area contributed by atoms with Gasteiger partial charge in [0.15, 0.2) is 0 Å². The standard InChI is InChI=1S/C11H13Cl2NO2/c1-2-16-14-11(15)6-4-8-3-5-9(12)7-10(8)13/h3,5,7H,2,4,6H2,1H3,(H,14,15). The SMILES string of the molecule is CCONC(=O)CCc1ccc(Cl)cc1Cl. The number of carbonyl (C=O) groups is 1. The van der Waals surface area contributed by atoms with E-state index in [4.69, 9.17) is 28.0 Å². The zero-order valence-electron chi connectivity index (χ0n) is 8.93. The topological polar surface area (TPSA) is 38.3 Å². The van der Waals surface area contributed by atoms with E-state index in [0.717, 1.165) is 5.56 Å². The summed E-state index contributed by atoms with van der Waals surface area (Å²) in [5, 5.41) is 1.17. The summed E-state index contributed by atoms with van der Waals surface area (Å²) in [4.78, 5) is 16.0. The van der Waals surface area contributed by atoms with Gasteiger partial charge in [0.05, 0.1) is 6.61 Å². The molecule has 0 saturated heterocycles. The van der Waals surface area contributed by atoms with Crippen molar-refractivity contribution in [1.29, 1.82) is 0 Å². The minimum absolute atomic E-state index is 0.159. The van der Waals surface area contributed by atoms with Crippen molar-refractivity contribution in [2.45, 2.75) is 19.8 Å². The smallest absolute Gasteiger partial charge is 0.243 e. The van der Waals surface area contributed by atoms with Crippen molar-refractivity contribution in [2.75, 3.05) is 6.61 Å². The van der Waals surface area contributed by atoms with Crippen LogP contribution in [0.25, 0.3) is 0 Å². The van der Waals surface area contributed by atoms with Gasteiger partial charge < -0.3 is 0 Å². The lowest BCUT2D eigenvalue weighted by Gasteiger charge is -2.05. The fourth-order valence-electron chi connectivity index (χ4n) is 1.18. The summed E-state index contributed by atoms with van der Waals surface area (Å²) in [6, 6.07) is 5.24. The summed E-state index contributed by atoms with van der Waals surface area (Å²) < 4.78 is 0. The molecule has 1 aromatic rings. The highest BCUT2D eigenvalue weighted by molar-refractivity contribution is 6.35. The lowest BCUT2D eigenvalue weighted by molar-refractivity contribution is -0.133. The van der Waals surface area contributed by atoms with E-state index in [9.17, 15) is 4.79 Å². The molecule has 88 valence electrons. The highest BCUT2D eigenvalue weighted by atomic mass is 35.5. The van der Waals surface area contributed by atoms with Gasteiger partial charge in [-0.1, -0.05) is 29.3 Å². The highest BCUT2D eigenvalue weighted by Gasteiger charge is 2.05. The van der Waals surface area contributed by atoms with Crippen LogP contribution in [-0.4, -0.2) is 12.5 Å². The first-order chi connectivity index (χ1) is 7.63. The van der Waals surface area contributed by atoms with Gasteiger partial charge in [0.1, 0.15) is 0 Å². The molecule has 0 radical (unpaired) electrons. The third-order valence-electron chi connectivity index (χ3n) is 1.97. The molecule has 0 unspecified atom stereocenters. The van der Waals surface area contributed by atoms with Crippen LogP contribution in [-0.2, 0) is 16.1 Å². The molecule has 1 amide bonds. The first-order valence-electron chi connectivity index (χ1n) is 4.98. The van der Waals surface area contributed by atoms with Crippen molar-refractivity contribution >= 4 is 29.1 Å². The number of amides is 1. The summed E-state index contributed by atoms with van der Waals surface area (Å²) in [6.45, 7) is 2.25. The first-order valence-corrected chi connectivity index (χ1v) is 5.73. The van der Waals surface area contributed by atoms with E-state index in [-0.39, 0.29) is 5.91 Å². The lowest BCUT2D eigenvalue weighted by atomic mass is 10.1. The maximum Gasteiger partial charge on any atom is 0.243 e. The largest absolute Gasteiger partial charge is 0.274 e. The number of hydroxylamine groups is 1. The van der Waals surface area contributed by atoms with E-state index in [1.165, 1.54) is 0 Å². The molecule has 0 saturated carbocycles. The van der Waals surface area contributed by atoms with E-state index in [1.54, 1.807) is 19.1 Å². The van der Waals surface area contributed by atoms with Gasteiger partial charge in [-0.25, -0.2) is 5.48 Å². The van der Waals surface area contributed by atoms with Gasteiger partial charge in [-0.05, 0) is 31.0 Å². The minimum Gasteiger partial charge on any atom is -0.274 e. The Balaban J connectivity index is 2.45. The predicted molar refractivity (Wildman–Crippen MR) is 64.6 cm³/mol. The Hall–Kier alpha value is -0.770. The van der Waals surface area contributed by atoms with E-state index in [0.29, 0.717) is 29.5 Å². The number of hydrogen-bond acceptors (Lipinski definition) is 2. The van der Waals surface area contributed by atoms with Crippen molar-refractivity contribution < 1.29 is 9.63 Å². The Morgan fingerprint density at radius 2 is 2.19 bits per heavy atom. The van der Waals surface area contributed by atoms with Crippen LogP contribution < -0.4 is 5.48 Å². The second-order valence-corrected chi connectivity index (χ2v) is 4.04. The van der Waals surface area contributed by atoms with Crippen molar-refractivity contribution in [1.82, 2.24) is 5.48 Å². The second kappa shape index (κ2) is 6.74. The number of benzene rings is 1. The Morgan fingerprint density at radius 1 is 1.44 bits per heavy atom. The molecule has 1 aromatic carbocycles. The Labute approximate surface area is 105 Å². The van der Waals surface area contributed by atoms with Crippen LogP contribution >= 0.6 is 23.2 Å². The fraction of sp³-hybridized carbons (Fsp3) is 0.364. The van der Waals surface area contributed by atoms with Crippen molar-refractivity contribution in [3.63, 3.8) is 0 Å². The maximum absolute atomic E-state index is 11.2. The summed E-state index contributed by atoms with van der Waals surface area (Å²) in [5.41, 5.74) is 3.23. The monoisotopic (exact) mass is 261 g/mol. The summed E-state index contributed by atoms with van der Waals surface area (Å²) in [7, 11) is 0. The van der Waals surface area contributed by atoms with Gasteiger partial charge in [-0.15, -0.1) is 0 Å². The third-order valence-corrected chi connectivity index (χ3v) is 2.55. The van der Waals surface area contributed by atoms with Gasteiger partial charge in [0, 0.05) is 16.5 Å². The molecule has 16 heavy (non-hydrogen) atoms. The van der Waals surface area contributed by atoms with E-state index in [1.807, 2.05) is 6.07 Å². The molecule has 1 rings (SSSR count). The zero-order chi connectivity index (χ0) is 12.0. The molecule has 0 heterocycles. The maximum atomic E-state index is 11.2. The van der Waals surface area contributed by atoms with E-state index < -0.39 is 0 Å². The zero-order valence-corrected chi connectivity index (χ0v) is 10.4. The van der Waals surface area contributed by atoms with Gasteiger partial charge in [-0.2, -0.15) is 0 Å². The molecule has 3 nitrogen and oxygen atoms in total. The van der Waals surface area contributed by atoms with Crippen LogP contribution in [0.4, 0.5) is 0 Å². The summed E-state index contributed by atoms with van der Waals surface area (Å²) in [5.74, 6) is -0.159. The number of carbonyl (C=O) groups excluding carboxylic acids is 1. The lowest BCUT2D eigenvalue weighted by Crippen LogP contribution is -2.23. The van der Waals surface area contributed by atoms with Crippen molar-refractivity contribution in [3.05, 3.63) is 33.8 Å². The number of nitrogens with one attached hydrogen (secondary N) is 1. The number of hydrogen-bond donors (Lipinski definition) is 1. The Morgan fingerprint density at radius 3 is 2.81 bits per heavy atom. The molecule has 5 heteroatoms. The van der Waals surface area contributed by atoms with Gasteiger partial charge in [0.25, 0.3) is 0 Å². The van der Waals surface area contributed by atoms with Crippen LogP contribution in [0.2, 0.25) is 10.0 Å². The van der Waals surface area contributed by atoms with Crippen LogP contribution in [0.15, 0.2) is 18.2 Å². The fourth-order valence-corrected chi connectivity index (χ4v) is 1.68. The van der Waals surface area contributed by atoms with Gasteiger partial charge in [0.2, 0.25) is 5.91 Å². The summed E-state index contributed by atoms with van der Waals surface area (Å²) in [6.07, 6.45) is 0.899. The average Bonchev–Trinajstić information content (AvgIpc) is 2.25. The molecule has 0 bridgehead atoms. The molecular weight excluding hydrogens is 249 g/mol. The normalized spacial score (nSPS) is 10.2. The van der Waals surface area contributed by atoms with Gasteiger partial charge in [-0.3, -0.25) is 9.63 Å². The van der Waals surface area contributed by atoms with Crippen LogP contribution in [0.1, 0.15) is 18.9 Å². The number of halogens is 2. The predicted octanol–water partition coefficient (Wildman–Crippen LogP) is 2.99. The molecule has 0 aromatic heterocycles. The molecule has 1 N–H and O–H groups in total. The van der Waals surface area contributed by atoms with Crippen LogP contribution in [0.3, 0.4) is 0 Å². The number of rotatable bonds is 5. The highest BCUT2D eigenvalue weighted by Crippen LogP contribution is 2.21. The van der Waals surface area contributed by atoms with E-state index in [2.05, 4.69) is 5.48 Å². The molecule has 0 aliphatic carbocycles. The molecule has 0 spiro atoms. The van der Waals surface area contributed by atoms with Crippen LogP contribution in [0.5, 0.6) is 0 Å². The van der Waals surface area contributed by atoms with Crippen molar-refractivity contribution in [3.8, 4) is 0 Å². The molecule has 0 aliphatic heterocycles. The number of aryl methyl sites for hydroxylation is 1. The molecular formula is C11H13Cl2NO2. The molecule has 0 atom stereocenters. The quantitative estimate of drug-likeness (QED) is 0.828. The van der Waals surface area contributed by atoms with Crippen LogP contribution in [0, 0.1) is 0 Å². The van der Waals surface area contributed by atoms with Crippen molar-refractivity contribution in [2.24, 2.45) is 0 Å². The Kier molecular flexibility index (Phi) is 5.60. The van der Waals surface area contributed by atoms with Gasteiger partial charge >= 0.3 is 0 Å². The third kappa shape index (κ3) is 4.39. The summed E-state index contributed by atoms with van der Waals surface area (Å²) >= 11 is 11.7. The Bertz CT molecular complexity index is 369. The first kappa shape index (κ1) is 13.3. The average molecular weight is 262 g/mol. The molecule has 0 fully saturated rings.